The molecular formula is C17H26N4O. The van der Waals surface area contributed by atoms with Gasteiger partial charge in [0.2, 0.25) is 0 Å². The first-order valence-corrected chi connectivity index (χ1v) is 8.21. The molecule has 2 saturated heterocycles. The number of nitrogen functional groups attached to an aromatic ring is 1. The van der Waals surface area contributed by atoms with Gasteiger partial charge in [-0.1, -0.05) is 0 Å². The molecule has 2 aliphatic heterocycles. The topological polar surface area (TPSA) is 52.8 Å². The molecule has 1 amide bonds. The maximum Gasteiger partial charge on any atom is 0.253 e. The van der Waals surface area contributed by atoms with Gasteiger partial charge in [0.15, 0.2) is 0 Å². The number of carbonyl (C=O) groups is 1. The van der Waals surface area contributed by atoms with Crippen LogP contribution in [-0.4, -0.2) is 73.0 Å². The van der Waals surface area contributed by atoms with Gasteiger partial charge in [0, 0.05) is 56.6 Å². The van der Waals surface area contributed by atoms with Gasteiger partial charge in [0.25, 0.3) is 5.91 Å². The first-order chi connectivity index (χ1) is 10.6. The summed E-state index contributed by atoms with van der Waals surface area (Å²) in [7, 11) is 2.19. The van der Waals surface area contributed by atoms with Crippen LogP contribution in [0.3, 0.4) is 0 Å². The van der Waals surface area contributed by atoms with Crippen LogP contribution < -0.4 is 5.73 Å². The fourth-order valence-corrected chi connectivity index (χ4v) is 3.43. The summed E-state index contributed by atoms with van der Waals surface area (Å²) in [5.41, 5.74) is 7.12. The average Bonchev–Trinajstić information content (AvgIpc) is 2.56. The molecule has 0 atom stereocenters. The maximum absolute atomic E-state index is 12.5. The number of amides is 1. The van der Waals surface area contributed by atoms with Crippen LogP contribution in [0, 0.1) is 0 Å². The molecule has 120 valence electrons. The highest BCUT2D eigenvalue weighted by atomic mass is 16.2. The van der Waals surface area contributed by atoms with Crippen molar-refractivity contribution in [3.8, 4) is 0 Å². The molecule has 1 aromatic carbocycles. The van der Waals surface area contributed by atoms with Gasteiger partial charge >= 0.3 is 0 Å². The highest BCUT2D eigenvalue weighted by Gasteiger charge is 2.28. The van der Waals surface area contributed by atoms with Crippen LogP contribution >= 0.6 is 0 Å². The standard InChI is InChI=1S/C17H26N4O/c1-19-10-12-20(13-11-19)16-6-8-21(9-7-16)17(22)14-2-4-15(18)5-3-14/h2-5,16H,6-13,18H2,1H3. The number of rotatable bonds is 2. The van der Waals surface area contributed by atoms with E-state index in [2.05, 4.69) is 16.8 Å². The van der Waals surface area contributed by atoms with Gasteiger partial charge in [0.1, 0.15) is 0 Å². The second-order valence-electron chi connectivity index (χ2n) is 6.48. The van der Waals surface area contributed by atoms with Gasteiger partial charge in [-0.2, -0.15) is 0 Å². The molecule has 0 radical (unpaired) electrons. The lowest BCUT2D eigenvalue weighted by atomic mass is 10.0. The van der Waals surface area contributed by atoms with Crippen LogP contribution in [0.15, 0.2) is 24.3 Å². The van der Waals surface area contributed by atoms with Crippen LogP contribution in [0.2, 0.25) is 0 Å². The molecule has 22 heavy (non-hydrogen) atoms. The molecule has 0 bridgehead atoms. The molecule has 0 aromatic heterocycles. The van der Waals surface area contributed by atoms with Crippen LogP contribution in [0.5, 0.6) is 0 Å². The highest BCUT2D eigenvalue weighted by Crippen LogP contribution is 2.20. The van der Waals surface area contributed by atoms with Crippen molar-refractivity contribution >= 4 is 11.6 Å². The zero-order valence-corrected chi connectivity index (χ0v) is 13.4. The summed E-state index contributed by atoms with van der Waals surface area (Å²) in [5, 5.41) is 0. The molecule has 1 aromatic rings. The van der Waals surface area contributed by atoms with Crippen LogP contribution in [0.1, 0.15) is 23.2 Å². The molecule has 2 fully saturated rings. The molecule has 5 nitrogen and oxygen atoms in total. The third-order valence-electron chi connectivity index (χ3n) is 4.96. The minimum atomic E-state index is 0.136. The van der Waals surface area contributed by atoms with Crippen molar-refractivity contribution in [1.82, 2.24) is 14.7 Å². The number of hydrogen-bond donors (Lipinski definition) is 1. The average molecular weight is 302 g/mol. The van der Waals surface area contributed by atoms with Crippen molar-refractivity contribution in [2.45, 2.75) is 18.9 Å². The van der Waals surface area contributed by atoms with E-state index in [0.717, 1.165) is 57.7 Å². The molecule has 0 spiro atoms. The van der Waals surface area contributed by atoms with E-state index in [1.807, 2.05) is 17.0 Å². The number of carbonyl (C=O) groups excluding carboxylic acids is 1. The maximum atomic E-state index is 12.5. The van der Waals surface area contributed by atoms with Gasteiger partial charge in [-0.3, -0.25) is 9.69 Å². The third kappa shape index (κ3) is 3.42. The Morgan fingerprint density at radius 2 is 1.59 bits per heavy atom. The summed E-state index contributed by atoms with van der Waals surface area (Å²) in [6, 6.07) is 7.88. The van der Waals surface area contributed by atoms with Crippen molar-refractivity contribution < 1.29 is 4.79 Å². The number of nitrogens with zero attached hydrogens (tertiary/aromatic N) is 3. The van der Waals surface area contributed by atoms with Crippen molar-refractivity contribution in [2.75, 3.05) is 52.0 Å². The summed E-state index contributed by atoms with van der Waals surface area (Å²) in [6.45, 7) is 6.36. The Morgan fingerprint density at radius 3 is 2.18 bits per heavy atom. The number of hydrogen-bond acceptors (Lipinski definition) is 4. The van der Waals surface area contributed by atoms with Gasteiger partial charge in [-0.25, -0.2) is 0 Å². The molecule has 2 heterocycles. The second kappa shape index (κ2) is 6.67. The molecule has 0 aliphatic carbocycles. The largest absolute Gasteiger partial charge is 0.399 e. The number of piperidine rings is 1. The van der Waals surface area contributed by atoms with E-state index in [1.54, 1.807) is 12.1 Å². The Morgan fingerprint density at radius 1 is 1.00 bits per heavy atom. The Hall–Kier alpha value is -1.59. The fraction of sp³-hybridized carbons (Fsp3) is 0.588. The second-order valence-corrected chi connectivity index (χ2v) is 6.48. The Bertz CT molecular complexity index is 500. The SMILES string of the molecule is CN1CCN(C2CCN(C(=O)c3ccc(N)cc3)CC2)CC1. The first kappa shape index (κ1) is 15.3. The number of likely N-dealkylation sites (tertiary alicyclic amines) is 1. The highest BCUT2D eigenvalue weighted by molar-refractivity contribution is 5.94. The summed E-state index contributed by atoms with van der Waals surface area (Å²) < 4.78 is 0. The van der Waals surface area contributed by atoms with E-state index in [0.29, 0.717) is 11.7 Å². The molecule has 5 heteroatoms. The zero-order chi connectivity index (χ0) is 15.5. The Balaban J connectivity index is 1.53. The monoisotopic (exact) mass is 302 g/mol. The van der Waals surface area contributed by atoms with E-state index in [9.17, 15) is 4.79 Å². The Kier molecular flexibility index (Phi) is 4.64. The molecule has 0 unspecified atom stereocenters. The van der Waals surface area contributed by atoms with Crippen LogP contribution in [0.25, 0.3) is 0 Å². The van der Waals surface area contributed by atoms with E-state index in [4.69, 9.17) is 5.73 Å². The molecule has 2 aliphatic rings. The van der Waals surface area contributed by atoms with Crippen molar-refractivity contribution in [2.24, 2.45) is 0 Å². The molecule has 0 saturated carbocycles. The lowest BCUT2D eigenvalue weighted by Gasteiger charge is -2.42. The van der Waals surface area contributed by atoms with Gasteiger partial charge in [-0.05, 0) is 44.2 Å². The molecule has 2 N–H and O–H groups in total. The van der Waals surface area contributed by atoms with Crippen LogP contribution in [0.4, 0.5) is 5.69 Å². The van der Waals surface area contributed by atoms with Crippen molar-refractivity contribution in [3.63, 3.8) is 0 Å². The van der Waals surface area contributed by atoms with Gasteiger partial charge in [0.05, 0.1) is 0 Å². The summed E-state index contributed by atoms with van der Waals surface area (Å²) in [4.78, 5) is 19.5. The number of likely N-dealkylation sites (N-methyl/N-ethyl adjacent to an activating group) is 1. The number of anilines is 1. The lowest BCUT2D eigenvalue weighted by molar-refractivity contribution is 0.0519. The van der Waals surface area contributed by atoms with Crippen LogP contribution in [-0.2, 0) is 0 Å². The summed E-state index contributed by atoms with van der Waals surface area (Å²) >= 11 is 0. The normalized spacial score (nSPS) is 22.0. The third-order valence-corrected chi connectivity index (χ3v) is 4.96. The predicted molar refractivity (Wildman–Crippen MR) is 88.8 cm³/mol. The van der Waals surface area contributed by atoms with Crippen molar-refractivity contribution in [1.29, 1.82) is 0 Å². The Labute approximate surface area is 132 Å². The van der Waals surface area contributed by atoms with Crippen molar-refractivity contribution in [3.05, 3.63) is 29.8 Å². The minimum Gasteiger partial charge on any atom is -0.399 e. The molecule has 3 rings (SSSR count). The molecular weight excluding hydrogens is 276 g/mol. The number of benzene rings is 1. The smallest absolute Gasteiger partial charge is 0.253 e. The summed E-state index contributed by atoms with van der Waals surface area (Å²) in [6.07, 6.45) is 2.18. The number of piperazine rings is 1. The minimum absolute atomic E-state index is 0.136. The zero-order valence-electron chi connectivity index (χ0n) is 13.4. The van der Waals surface area contributed by atoms with Gasteiger partial charge < -0.3 is 15.5 Å². The fourth-order valence-electron chi connectivity index (χ4n) is 3.43. The van der Waals surface area contributed by atoms with E-state index < -0.39 is 0 Å². The van der Waals surface area contributed by atoms with E-state index in [1.165, 1.54) is 0 Å². The van der Waals surface area contributed by atoms with E-state index in [-0.39, 0.29) is 5.91 Å². The number of nitrogens with two attached hydrogens (primary N) is 1. The van der Waals surface area contributed by atoms with E-state index >= 15 is 0 Å². The lowest BCUT2D eigenvalue weighted by Crippen LogP contribution is -2.52. The quantitative estimate of drug-likeness (QED) is 0.832. The van der Waals surface area contributed by atoms with Gasteiger partial charge in [-0.15, -0.1) is 0 Å². The summed E-state index contributed by atoms with van der Waals surface area (Å²) in [5.74, 6) is 0.136. The predicted octanol–water partition coefficient (Wildman–Crippen LogP) is 1.12. The first-order valence-electron chi connectivity index (χ1n) is 8.21.